The van der Waals surface area contributed by atoms with Crippen molar-refractivity contribution in [2.75, 3.05) is 20.1 Å². The molecule has 0 spiro atoms. The predicted molar refractivity (Wildman–Crippen MR) is 115 cm³/mol. The average Bonchev–Trinajstić information content (AvgIpc) is 3.06. The van der Waals surface area contributed by atoms with Gasteiger partial charge in [0.2, 0.25) is 0 Å². The van der Waals surface area contributed by atoms with Gasteiger partial charge in [-0.3, -0.25) is 9.67 Å². The summed E-state index contributed by atoms with van der Waals surface area (Å²) in [5.74, 6) is 1.39. The Labute approximate surface area is 168 Å². The fourth-order valence-corrected chi connectivity index (χ4v) is 2.54. The molecule has 1 unspecified atom stereocenters. The predicted octanol–water partition coefficient (Wildman–Crippen LogP) is 3.54. The highest BCUT2D eigenvalue weighted by molar-refractivity contribution is 14.0. The van der Waals surface area contributed by atoms with Crippen LogP contribution in [0, 0.1) is 12.8 Å². The van der Waals surface area contributed by atoms with Crippen LogP contribution in [0.3, 0.4) is 0 Å². The first kappa shape index (κ1) is 21.5. The summed E-state index contributed by atoms with van der Waals surface area (Å²) in [6, 6.07) is 10.6. The van der Waals surface area contributed by atoms with E-state index < -0.39 is 0 Å². The third kappa shape index (κ3) is 7.46. The third-order valence-electron chi connectivity index (χ3n) is 3.85. The monoisotopic (exact) mass is 455 g/mol. The van der Waals surface area contributed by atoms with Crippen molar-refractivity contribution in [3.05, 3.63) is 53.9 Å². The van der Waals surface area contributed by atoms with Gasteiger partial charge in [0.05, 0.1) is 0 Å². The van der Waals surface area contributed by atoms with Crippen molar-refractivity contribution in [3.63, 3.8) is 0 Å². The Hall–Kier alpha value is -1.57. The molecule has 1 atom stereocenters. The summed E-state index contributed by atoms with van der Waals surface area (Å²) in [4.78, 5) is 6.97. The number of guanidine groups is 1. The van der Waals surface area contributed by atoms with Gasteiger partial charge in [-0.15, -0.1) is 24.0 Å². The van der Waals surface area contributed by atoms with Gasteiger partial charge in [-0.1, -0.05) is 36.8 Å². The summed E-state index contributed by atoms with van der Waals surface area (Å²) in [5.41, 5.74) is 2.58. The van der Waals surface area contributed by atoms with E-state index in [1.165, 1.54) is 11.1 Å². The number of hydrogen-bond acceptors (Lipinski definition) is 2. The fraction of sp³-hybridized carbons (Fsp3) is 0.474. The molecule has 0 fully saturated rings. The van der Waals surface area contributed by atoms with Gasteiger partial charge < -0.3 is 10.2 Å². The Morgan fingerprint density at radius 3 is 2.64 bits per heavy atom. The van der Waals surface area contributed by atoms with Gasteiger partial charge in [-0.25, -0.2) is 0 Å². The molecule has 0 aliphatic rings. The number of nitrogens with zero attached hydrogens (tertiary/aromatic N) is 4. The normalized spacial score (nSPS) is 12.4. The molecule has 1 aromatic heterocycles. The number of rotatable bonds is 7. The van der Waals surface area contributed by atoms with E-state index in [-0.39, 0.29) is 24.0 Å². The van der Waals surface area contributed by atoms with Crippen LogP contribution in [-0.4, -0.2) is 40.8 Å². The van der Waals surface area contributed by atoms with Gasteiger partial charge in [-0.2, -0.15) is 5.10 Å². The molecule has 0 aliphatic carbocycles. The zero-order chi connectivity index (χ0) is 17.4. The Morgan fingerprint density at radius 2 is 2.04 bits per heavy atom. The lowest BCUT2D eigenvalue weighted by atomic mass is 10.1. The van der Waals surface area contributed by atoms with Gasteiger partial charge >= 0.3 is 0 Å². The Morgan fingerprint density at radius 1 is 1.32 bits per heavy atom. The highest BCUT2D eigenvalue weighted by Gasteiger charge is 2.08. The van der Waals surface area contributed by atoms with Crippen LogP contribution in [0.1, 0.15) is 25.0 Å². The molecular formula is C19H30IN5. The van der Waals surface area contributed by atoms with E-state index in [0.29, 0.717) is 5.92 Å². The number of benzene rings is 1. The van der Waals surface area contributed by atoms with Crippen molar-refractivity contribution in [2.45, 2.75) is 33.9 Å². The second-order valence-electron chi connectivity index (χ2n) is 6.37. The van der Waals surface area contributed by atoms with Gasteiger partial charge in [0.1, 0.15) is 0 Å². The Balaban J connectivity index is 0.00000312. The summed E-state index contributed by atoms with van der Waals surface area (Å²) in [5, 5.41) is 7.64. The van der Waals surface area contributed by atoms with Gasteiger partial charge in [0, 0.05) is 45.6 Å². The molecule has 0 bridgehead atoms. The molecule has 2 aromatic rings. The first-order valence-electron chi connectivity index (χ1n) is 8.61. The van der Waals surface area contributed by atoms with Crippen LogP contribution in [0.25, 0.3) is 0 Å². The molecule has 1 aromatic carbocycles. The largest absolute Gasteiger partial charge is 0.357 e. The zero-order valence-electron chi connectivity index (χ0n) is 15.6. The lowest BCUT2D eigenvalue weighted by molar-refractivity contribution is 0.444. The lowest BCUT2D eigenvalue weighted by Gasteiger charge is -2.23. The van der Waals surface area contributed by atoms with Crippen LogP contribution < -0.4 is 5.32 Å². The minimum Gasteiger partial charge on any atom is -0.357 e. The smallest absolute Gasteiger partial charge is 0.193 e. The summed E-state index contributed by atoms with van der Waals surface area (Å²) in [7, 11) is 2.08. The van der Waals surface area contributed by atoms with Crippen molar-refractivity contribution >= 4 is 29.9 Å². The zero-order valence-corrected chi connectivity index (χ0v) is 18.0. The van der Waals surface area contributed by atoms with Crippen LogP contribution in [0.2, 0.25) is 0 Å². The molecule has 0 saturated carbocycles. The first-order chi connectivity index (χ1) is 11.6. The van der Waals surface area contributed by atoms with Crippen LogP contribution in [-0.2, 0) is 13.1 Å². The number of aromatic nitrogens is 2. The van der Waals surface area contributed by atoms with Crippen molar-refractivity contribution in [1.29, 1.82) is 0 Å². The van der Waals surface area contributed by atoms with Crippen LogP contribution in [0.4, 0.5) is 0 Å². The third-order valence-corrected chi connectivity index (χ3v) is 3.85. The van der Waals surface area contributed by atoms with Crippen molar-refractivity contribution in [1.82, 2.24) is 20.0 Å². The number of hydrogen-bond donors (Lipinski definition) is 1. The van der Waals surface area contributed by atoms with E-state index in [4.69, 9.17) is 4.99 Å². The van der Waals surface area contributed by atoms with Crippen molar-refractivity contribution in [3.8, 4) is 0 Å². The molecule has 0 aliphatic heterocycles. The molecule has 25 heavy (non-hydrogen) atoms. The highest BCUT2D eigenvalue weighted by atomic mass is 127. The maximum Gasteiger partial charge on any atom is 0.193 e. The van der Waals surface area contributed by atoms with E-state index >= 15 is 0 Å². The number of nitrogens with one attached hydrogen (secondary N) is 1. The molecular weight excluding hydrogens is 425 g/mol. The number of aryl methyl sites for hydroxylation is 1. The number of halogens is 1. The van der Waals surface area contributed by atoms with Gasteiger partial charge in [-0.05, 0) is 31.4 Å². The van der Waals surface area contributed by atoms with E-state index in [9.17, 15) is 0 Å². The summed E-state index contributed by atoms with van der Waals surface area (Å²) in [6.45, 7) is 9.79. The fourth-order valence-electron chi connectivity index (χ4n) is 2.54. The topological polar surface area (TPSA) is 45.5 Å². The Kier molecular flexibility index (Phi) is 9.55. The lowest BCUT2D eigenvalue weighted by Crippen LogP contribution is -2.38. The molecule has 1 heterocycles. The molecule has 5 nitrogen and oxygen atoms in total. The quantitative estimate of drug-likeness (QED) is 0.395. The number of aliphatic imine (C=N–C) groups is 1. The van der Waals surface area contributed by atoms with Crippen LogP contribution in [0.5, 0.6) is 0 Å². The van der Waals surface area contributed by atoms with Crippen LogP contribution in [0.15, 0.2) is 47.7 Å². The van der Waals surface area contributed by atoms with Crippen LogP contribution >= 0.6 is 24.0 Å². The molecule has 6 heteroatoms. The molecule has 138 valence electrons. The maximum absolute atomic E-state index is 4.80. The van der Waals surface area contributed by atoms with Gasteiger partial charge in [0.15, 0.2) is 5.96 Å². The highest BCUT2D eigenvalue weighted by Crippen LogP contribution is 2.07. The molecule has 0 saturated heterocycles. The second-order valence-corrected chi connectivity index (χ2v) is 6.37. The van der Waals surface area contributed by atoms with E-state index in [1.54, 1.807) is 0 Å². The standard InChI is InChI=1S/C19H29N5.HI/c1-5-20-19(21-13-17(3)14-24-12-6-11-22-24)23(4)15-18-9-7-16(2)8-10-18;/h6-12,17H,5,13-15H2,1-4H3,(H,20,21);1H. The molecule has 0 amide bonds. The first-order valence-corrected chi connectivity index (χ1v) is 8.61. The molecule has 2 rings (SSSR count). The van der Waals surface area contributed by atoms with Gasteiger partial charge in [0.25, 0.3) is 0 Å². The van der Waals surface area contributed by atoms with Crippen molar-refractivity contribution in [2.24, 2.45) is 10.9 Å². The minimum absolute atomic E-state index is 0. The average molecular weight is 455 g/mol. The summed E-state index contributed by atoms with van der Waals surface area (Å²) >= 11 is 0. The molecule has 1 N–H and O–H groups in total. The minimum atomic E-state index is 0. The summed E-state index contributed by atoms with van der Waals surface area (Å²) in [6.07, 6.45) is 3.81. The summed E-state index contributed by atoms with van der Waals surface area (Å²) < 4.78 is 1.96. The molecule has 0 radical (unpaired) electrons. The van der Waals surface area contributed by atoms with E-state index in [1.807, 2.05) is 23.1 Å². The van der Waals surface area contributed by atoms with Crippen molar-refractivity contribution < 1.29 is 0 Å². The SMILES string of the molecule is CCNC(=NCC(C)Cn1cccn1)N(C)Cc1ccc(C)cc1.I. The second kappa shape index (κ2) is 11.1. The van der Waals surface area contributed by atoms with E-state index in [0.717, 1.165) is 32.1 Å². The maximum atomic E-state index is 4.80. The Bertz CT molecular complexity index is 622. The van der Waals surface area contributed by atoms with E-state index in [2.05, 4.69) is 67.4 Å².